The van der Waals surface area contributed by atoms with Gasteiger partial charge in [-0.1, -0.05) is 0 Å². The van der Waals surface area contributed by atoms with Crippen LogP contribution in [0.25, 0.3) is 10.9 Å². The van der Waals surface area contributed by atoms with Crippen molar-refractivity contribution in [2.24, 2.45) is 0 Å². The maximum atomic E-state index is 5.40. The fourth-order valence-corrected chi connectivity index (χ4v) is 1.26. The molecule has 0 bridgehead atoms. The summed E-state index contributed by atoms with van der Waals surface area (Å²) in [6.07, 6.45) is 3.50. The molecule has 15 heavy (non-hydrogen) atoms. The Morgan fingerprint density at radius 3 is 3.00 bits per heavy atom. The number of hydrogen-bond acceptors (Lipinski definition) is 4. The number of hydrogen-bond donors (Lipinski definition) is 0. The van der Waals surface area contributed by atoms with Crippen molar-refractivity contribution in [2.75, 3.05) is 20.3 Å². The van der Waals surface area contributed by atoms with Crippen LogP contribution in [-0.2, 0) is 4.74 Å². The van der Waals surface area contributed by atoms with Crippen LogP contribution < -0.4 is 4.74 Å². The Balaban J connectivity index is 2.16. The molecular weight excluding hydrogens is 192 g/mol. The van der Waals surface area contributed by atoms with Gasteiger partial charge in [-0.25, -0.2) is 4.98 Å². The normalized spacial score (nSPS) is 10.5. The number of methoxy groups -OCH3 is 1. The first kappa shape index (κ1) is 9.86. The molecule has 0 unspecified atom stereocenters. The third-order valence-electron chi connectivity index (χ3n) is 2.00. The van der Waals surface area contributed by atoms with Crippen molar-refractivity contribution in [1.82, 2.24) is 9.97 Å². The zero-order chi connectivity index (χ0) is 10.5. The summed E-state index contributed by atoms with van der Waals surface area (Å²) in [5.74, 6) is 0.616. The van der Waals surface area contributed by atoms with E-state index < -0.39 is 0 Å². The quantitative estimate of drug-likeness (QED) is 0.710. The maximum Gasteiger partial charge on any atom is 0.213 e. The second kappa shape index (κ2) is 4.70. The highest BCUT2D eigenvalue weighted by atomic mass is 16.5. The van der Waals surface area contributed by atoms with E-state index in [0.29, 0.717) is 19.1 Å². The minimum Gasteiger partial charge on any atom is -0.475 e. The highest BCUT2D eigenvalue weighted by molar-refractivity contribution is 5.77. The number of pyridine rings is 2. The molecule has 0 atom stereocenters. The molecule has 0 aliphatic heterocycles. The molecule has 0 radical (unpaired) electrons. The molecule has 78 valence electrons. The van der Waals surface area contributed by atoms with E-state index in [1.165, 1.54) is 0 Å². The number of rotatable bonds is 4. The summed E-state index contributed by atoms with van der Waals surface area (Å²) in [7, 11) is 1.64. The van der Waals surface area contributed by atoms with E-state index >= 15 is 0 Å². The molecule has 0 aliphatic carbocycles. The van der Waals surface area contributed by atoms with Crippen LogP contribution in [0.1, 0.15) is 0 Å². The summed E-state index contributed by atoms with van der Waals surface area (Å²) < 4.78 is 10.3. The highest BCUT2D eigenvalue weighted by Crippen LogP contribution is 2.14. The van der Waals surface area contributed by atoms with E-state index in [9.17, 15) is 0 Å². The first-order valence-electron chi connectivity index (χ1n) is 4.72. The molecule has 0 saturated carbocycles. The van der Waals surface area contributed by atoms with Crippen LogP contribution in [0.5, 0.6) is 5.88 Å². The van der Waals surface area contributed by atoms with E-state index in [1.807, 2.05) is 18.2 Å². The van der Waals surface area contributed by atoms with Gasteiger partial charge in [0.2, 0.25) is 5.88 Å². The predicted molar refractivity (Wildman–Crippen MR) is 56.9 cm³/mol. The van der Waals surface area contributed by atoms with Gasteiger partial charge in [0.15, 0.2) is 0 Å². The molecule has 2 rings (SSSR count). The molecule has 4 nitrogen and oxygen atoms in total. The summed E-state index contributed by atoms with van der Waals surface area (Å²) in [5, 5.41) is 1.01. The lowest BCUT2D eigenvalue weighted by atomic mass is 10.3. The lowest BCUT2D eigenvalue weighted by molar-refractivity contribution is 0.144. The van der Waals surface area contributed by atoms with Gasteiger partial charge in [0.05, 0.1) is 12.1 Å². The van der Waals surface area contributed by atoms with Crippen LogP contribution in [-0.4, -0.2) is 30.3 Å². The molecule has 4 heteroatoms. The summed E-state index contributed by atoms with van der Waals surface area (Å²) in [6, 6.07) is 5.63. The SMILES string of the molecule is COCCOc1ccc2cnccc2n1. The van der Waals surface area contributed by atoms with Crippen LogP contribution in [0, 0.1) is 0 Å². The van der Waals surface area contributed by atoms with Gasteiger partial charge in [-0.15, -0.1) is 0 Å². The van der Waals surface area contributed by atoms with Crippen molar-refractivity contribution in [3.8, 4) is 5.88 Å². The Morgan fingerprint density at radius 2 is 2.13 bits per heavy atom. The Labute approximate surface area is 87.9 Å². The summed E-state index contributed by atoms with van der Waals surface area (Å²) >= 11 is 0. The standard InChI is InChI=1S/C11H12N2O2/c1-14-6-7-15-11-3-2-9-8-12-5-4-10(9)13-11/h2-5,8H,6-7H2,1H3. The Kier molecular flexibility index (Phi) is 3.09. The second-order valence-corrected chi connectivity index (χ2v) is 3.06. The zero-order valence-corrected chi connectivity index (χ0v) is 8.51. The number of aromatic nitrogens is 2. The largest absolute Gasteiger partial charge is 0.475 e. The third-order valence-corrected chi connectivity index (χ3v) is 2.00. The lowest BCUT2D eigenvalue weighted by Gasteiger charge is -2.04. The van der Waals surface area contributed by atoms with E-state index in [-0.39, 0.29) is 0 Å². The van der Waals surface area contributed by atoms with Crippen LogP contribution in [0.15, 0.2) is 30.6 Å². The van der Waals surface area contributed by atoms with Crippen LogP contribution in [0.2, 0.25) is 0 Å². The minimum absolute atomic E-state index is 0.514. The monoisotopic (exact) mass is 204 g/mol. The van der Waals surface area contributed by atoms with Crippen molar-refractivity contribution in [1.29, 1.82) is 0 Å². The van der Waals surface area contributed by atoms with Gasteiger partial charge in [0, 0.05) is 31.0 Å². The van der Waals surface area contributed by atoms with E-state index in [1.54, 1.807) is 19.5 Å². The van der Waals surface area contributed by atoms with Gasteiger partial charge in [-0.3, -0.25) is 4.98 Å². The topological polar surface area (TPSA) is 44.2 Å². The highest BCUT2D eigenvalue weighted by Gasteiger charge is 1.98. The summed E-state index contributed by atoms with van der Waals surface area (Å²) in [5.41, 5.74) is 0.889. The molecule has 0 saturated heterocycles. The van der Waals surface area contributed by atoms with Gasteiger partial charge in [-0.05, 0) is 12.1 Å². The second-order valence-electron chi connectivity index (χ2n) is 3.06. The van der Waals surface area contributed by atoms with Crippen LogP contribution in [0.3, 0.4) is 0 Å². The van der Waals surface area contributed by atoms with E-state index in [0.717, 1.165) is 10.9 Å². The molecule has 0 aromatic carbocycles. The molecular formula is C11H12N2O2. The van der Waals surface area contributed by atoms with Gasteiger partial charge in [-0.2, -0.15) is 0 Å². The van der Waals surface area contributed by atoms with E-state index in [4.69, 9.17) is 9.47 Å². The van der Waals surface area contributed by atoms with Crippen molar-refractivity contribution >= 4 is 10.9 Å². The van der Waals surface area contributed by atoms with Gasteiger partial charge >= 0.3 is 0 Å². The Bertz CT molecular complexity index is 445. The molecule has 0 N–H and O–H groups in total. The fraction of sp³-hybridized carbons (Fsp3) is 0.273. The van der Waals surface area contributed by atoms with Crippen LogP contribution >= 0.6 is 0 Å². The fourth-order valence-electron chi connectivity index (χ4n) is 1.26. The Morgan fingerprint density at radius 1 is 1.20 bits per heavy atom. The van der Waals surface area contributed by atoms with Gasteiger partial charge in [0.25, 0.3) is 0 Å². The molecule has 0 amide bonds. The predicted octanol–water partition coefficient (Wildman–Crippen LogP) is 1.66. The average Bonchev–Trinajstić information content (AvgIpc) is 2.29. The molecule has 2 aromatic heterocycles. The van der Waals surface area contributed by atoms with Gasteiger partial charge < -0.3 is 9.47 Å². The first-order valence-corrected chi connectivity index (χ1v) is 4.72. The number of nitrogens with zero attached hydrogens (tertiary/aromatic N) is 2. The van der Waals surface area contributed by atoms with E-state index in [2.05, 4.69) is 9.97 Å². The number of fused-ring (bicyclic) bond motifs is 1. The summed E-state index contributed by atoms with van der Waals surface area (Å²) in [6.45, 7) is 1.08. The summed E-state index contributed by atoms with van der Waals surface area (Å²) in [4.78, 5) is 8.35. The van der Waals surface area contributed by atoms with Crippen molar-refractivity contribution in [2.45, 2.75) is 0 Å². The zero-order valence-electron chi connectivity index (χ0n) is 8.51. The maximum absolute atomic E-state index is 5.40. The molecule has 0 aliphatic rings. The lowest BCUT2D eigenvalue weighted by Crippen LogP contribution is -2.05. The van der Waals surface area contributed by atoms with Gasteiger partial charge in [0.1, 0.15) is 6.61 Å². The Hall–Kier alpha value is -1.68. The van der Waals surface area contributed by atoms with Crippen LogP contribution in [0.4, 0.5) is 0 Å². The molecule has 2 heterocycles. The van der Waals surface area contributed by atoms with Crippen molar-refractivity contribution in [3.63, 3.8) is 0 Å². The molecule has 2 aromatic rings. The smallest absolute Gasteiger partial charge is 0.213 e. The number of ether oxygens (including phenoxy) is 2. The molecule has 0 fully saturated rings. The third kappa shape index (κ3) is 2.41. The molecule has 0 spiro atoms. The van der Waals surface area contributed by atoms with Crippen molar-refractivity contribution < 1.29 is 9.47 Å². The average molecular weight is 204 g/mol. The first-order chi connectivity index (χ1) is 7.40. The minimum atomic E-state index is 0.514. The van der Waals surface area contributed by atoms with Crippen molar-refractivity contribution in [3.05, 3.63) is 30.6 Å².